The largest absolute Gasteiger partial charge is 0.490 e. The lowest BCUT2D eigenvalue weighted by Gasteiger charge is -2.47. The fourth-order valence-corrected chi connectivity index (χ4v) is 3.49. The Balaban J connectivity index is 1.74. The van der Waals surface area contributed by atoms with Crippen molar-refractivity contribution in [2.75, 3.05) is 6.61 Å². The summed E-state index contributed by atoms with van der Waals surface area (Å²) in [6.07, 6.45) is 5.93. The van der Waals surface area contributed by atoms with Crippen LogP contribution in [0.4, 0.5) is 0 Å². The number of aryl methyl sites for hydroxylation is 2. The van der Waals surface area contributed by atoms with Crippen LogP contribution in [0.15, 0.2) is 12.1 Å². The van der Waals surface area contributed by atoms with Gasteiger partial charge in [-0.15, -0.1) is 0 Å². The van der Waals surface area contributed by atoms with Crippen LogP contribution in [-0.4, -0.2) is 23.4 Å². The van der Waals surface area contributed by atoms with E-state index >= 15 is 0 Å². The molecule has 1 atom stereocenters. The standard InChI is InChI=1S/C17H24O3/c1-12-8-14(11-18)9-13(2)16(12)20-15-4-7-19-17(10-15)5-3-6-17/h8-9,15,18H,3-7,10-11H2,1-2H3. The second-order valence-electron chi connectivity index (χ2n) is 6.33. The van der Waals surface area contributed by atoms with Crippen molar-refractivity contribution >= 4 is 0 Å². The summed E-state index contributed by atoms with van der Waals surface area (Å²) in [5.74, 6) is 0.989. The highest BCUT2D eigenvalue weighted by molar-refractivity contribution is 5.43. The second-order valence-corrected chi connectivity index (χ2v) is 6.33. The highest BCUT2D eigenvalue weighted by Gasteiger charge is 2.43. The molecule has 1 saturated heterocycles. The molecule has 3 nitrogen and oxygen atoms in total. The Morgan fingerprint density at radius 3 is 2.55 bits per heavy atom. The molecule has 1 unspecified atom stereocenters. The lowest BCUT2D eigenvalue weighted by Crippen LogP contribution is -2.48. The molecule has 2 fully saturated rings. The molecule has 1 aliphatic heterocycles. The minimum atomic E-state index is 0.0857. The first-order chi connectivity index (χ1) is 9.62. The lowest BCUT2D eigenvalue weighted by molar-refractivity contribution is -0.153. The monoisotopic (exact) mass is 276 g/mol. The molecule has 1 aromatic rings. The number of aliphatic hydroxyl groups excluding tert-OH is 1. The summed E-state index contributed by atoms with van der Waals surface area (Å²) in [5, 5.41) is 9.25. The fourth-order valence-electron chi connectivity index (χ4n) is 3.49. The van der Waals surface area contributed by atoms with Crippen molar-refractivity contribution in [2.45, 2.75) is 64.3 Å². The van der Waals surface area contributed by atoms with Crippen molar-refractivity contribution in [2.24, 2.45) is 0 Å². The van der Waals surface area contributed by atoms with Crippen LogP contribution >= 0.6 is 0 Å². The van der Waals surface area contributed by atoms with Crippen molar-refractivity contribution in [1.29, 1.82) is 0 Å². The first-order valence-corrected chi connectivity index (χ1v) is 7.63. The van der Waals surface area contributed by atoms with E-state index in [1.165, 1.54) is 19.3 Å². The van der Waals surface area contributed by atoms with Gasteiger partial charge in [0.05, 0.1) is 18.8 Å². The molecule has 0 aromatic heterocycles. The van der Waals surface area contributed by atoms with Crippen molar-refractivity contribution in [3.8, 4) is 5.75 Å². The predicted molar refractivity (Wildman–Crippen MR) is 78.0 cm³/mol. The van der Waals surface area contributed by atoms with Crippen LogP contribution in [0, 0.1) is 13.8 Å². The quantitative estimate of drug-likeness (QED) is 0.921. The Labute approximate surface area is 120 Å². The van der Waals surface area contributed by atoms with Gasteiger partial charge in [0.2, 0.25) is 0 Å². The third-order valence-electron chi connectivity index (χ3n) is 4.70. The number of rotatable bonds is 3. The van der Waals surface area contributed by atoms with Gasteiger partial charge in [-0.05, 0) is 49.8 Å². The number of hydrogen-bond acceptors (Lipinski definition) is 3. The van der Waals surface area contributed by atoms with Gasteiger partial charge in [-0.25, -0.2) is 0 Å². The molecule has 1 aromatic carbocycles. The van der Waals surface area contributed by atoms with E-state index < -0.39 is 0 Å². The SMILES string of the molecule is Cc1cc(CO)cc(C)c1OC1CCOC2(CCC2)C1. The first kappa shape index (κ1) is 13.9. The van der Waals surface area contributed by atoms with Gasteiger partial charge in [-0.1, -0.05) is 12.1 Å². The zero-order valence-electron chi connectivity index (χ0n) is 12.4. The molecular weight excluding hydrogens is 252 g/mol. The zero-order chi connectivity index (χ0) is 14.2. The normalized spacial score (nSPS) is 24.4. The summed E-state index contributed by atoms with van der Waals surface area (Å²) in [4.78, 5) is 0. The molecule has 1 spiro atoms. The van der Waals surface area contributed by atoms with Gasteiger partial charge in [0.1, 0.15) is 11.9 Å². The van der Waals surface area contributed by atoms with E-state index in [0.717, 1.165) is 41.9 Å². The van der Waals surface area contributed by atoms with Gasteiger partial charge < -0.3 is 14.6 Å². The van der Waals surface area contributed by atoms with E-state index in [1.807, 2.05) is 12.1 Å². The molecule has 110 valence electrons. The number of aliphatic hydroxyl groups is 1. The van der Waals surface area contributed by atoms with Gasteiger partial charge in [0.15, 0.2) is 0 Å². The first-order valence-electron chi connectivity index (χ1n) is 7.63. The Bertz CT molecular complexity index is 468. The Hall–Kier alpha value is -1.06. The van der Waals surface area contributed by atoms with Crippen LogP contribution in [0.3, 0.4) is 0 Å². The summed E-state index contributed by atoms with van der Waals surface area (Å²) < 4.78 is 12.2. The summed E-state index contributed by atoms with van der Waals surface area (Å²) in [5.41, 5.74) is 3.30. The molecule has 0 radical (unpaired) electrons. The van der Waals surface area contributed by atoms with E-state index in [2.05, 4.69) is 13.8 Å². The second kappa shape index (κ2) is 5.38. The predicted octanol–water partition coefficient (Wildman–Crippen LogP) is 3.28. The van der Waals surface area contributed by atoms with Gasteiger partial charge in [-0.3, -0.25) is 0 Å². The molecule has 3 rings (SSSR count). The van der Waals surface area contributed by atoms with Crippen LogP contribution in [0.5, 0.6) is 5.75 Å². The van der Waals surface area contributed by atoms with E-state index in [9.17, 15) is 5.11 Å². The van der Waals surface area contributed by atoms with Crippen molar-refractivity contribution in [3.63, 3.8) is 0 Å². The lowest BCUT2D eigenvalue weighted by atomic mass is 9.74. The summed E-state index contributed by atoms with van der Waals surface area (Å²) in [6.45, 7) is 5.01. The average Bonchev–Trinajstić information content (AvgIpc) is 2.41. The number of ether oxygens (including phenoxy) is 2. The number of benzene rings is 1. The number of hydrogen-bond donors (Lipinski definition) is 1. The summed E-state index contributed by atoms with van der Waals surface area (Å²) in [6, 6.07) is 4.03. The van der Waals surface area contributed by atoms with Gasteiger partial charge in [0, 0.05) is 12.8 Å². The summed E-state index contributed by atoms with van der Waals surface area (Å²) in [7, 11) is 0. The molecule has 3 heteroatoms. The average molecular weight is 276 g/mol. The smallest absolute Gasteiger partial charge is 0.125 e. The van der Waals surface area contributed by atoms with Gasteiger partial charge in [0.25, 0.3) is 0 Å². The molecule has 20 heavy (non-hydrogen) atoms. The van der Waals surface area contributed by atoms with Crippen molar-refractivity contribution < 1.29 is 14.6 Å². The minimum Gasteiger partial charge on any atom is -0.490 e. The highest BCUT2D eigenvalue weighted by Crippen LogP contribution is 2.43. The Kier molecular flexibility index (Phi) is 3.74. The zero-order valence-corrected chi connectivity index (χ0v) is 12.4. The molecular formula is C17H24O3. The van der Waals surface area contributed by atoms with Crippen molar-refractivity contribution in [1.82, 2.24) is 0 Å². The topological polar surface area (TPSA) is 38.7 Å². The molecule has 0 bridgehead atoms. The third kappa shape index (κ3) is 2.57. The highest BCUT2D eigenvalue weighted by atomic mass is 16.5. The maximum absolute atomic E-state index is 9.25. The van der Waals surface area contributed by atoms with Gasteiger partial charge in [-0.2, -0.15) is 0 Å². The van der Waals surface area contributed by atoms with E-state index in [-0.39, 0.29) is 18.3 Å². The van der Waals surface area contributed by atoms with Crippen LogP contribution in [0.25, 0.3) is 0 Å². The van der Waals surface area contributed by atoms with Crippen LogP contribution in [-0.2, 0) is 11.3 Å². The third-order valence-corrected chi connectivity index (χ3v) is 4.70. The maximum Gasteiger partial charge on any atom is 0.125 e. The molecule has 1 N–H and O–H groups in total. The Morgan fingerprint density at radius 1 is 1.30 bits per heavy atom. The molecule has 1 aliphatic carbocycles. The minimum absolute atomic E-state index is 0.0857. The van der Waals surface area contributed by atoms with E-state index in [0.29, 0.717) is 0 Å². The van der Waals surface area contributed by atoms with Crippen LogP contribution in [0.2, 0.25) is 0 Å². The Morgan fingerprint density at radius 2 is 2.00 bits per heavy atom. The van der Waals surface area contributed by atoms with Crippen LogP contribution < -0.4 is 4.74 Å². The molecule has 0 amide bonds. The molecule has 2 aliphatic rings. The van der Waals surface area contributed by atoms with Gasteiger partial charge >= 0.3 is 0 Å². The van der Waals surface area contributed by atoms with Crippen molar-refractivity contribution in [3.05, 3.63) is 28.8 Å². The van der Waals surface area contributed by atoms with E-state index in [4.69, 9.17) is 9.47 Å². The fraction of sp³-hybridized carbons (Fsp3) is 0.647. The van der Waals surface area contributed by atoms with Crippen LogP contribution in [0.1, 0.15) is 48.8 Å². The van der Waals surface area contributed by atoms with E-state index in [1.54, 1.807) is 0 Å². The molecule has 1 saturated carbocycles. The maximum atomic E-state index is 9.25. The summed E-state index contributed by atoms with van der Waals surface area (Å²) >= 11 is 0. The molecule has 1 heterocycles.